The van der Waals surface area contributed by atoms with Gasteiger partial charge in [0.15, 0.2) is 0 Å². The summed E-state index contributed by atoms with van der Waals surface area (Å²) in [5.41, 5.74) is 0. The number of aliphatic hydroxyl groups is 1. The molecule has 1 aliphatic rings. The van der Waals surface area contributed by atoms with Crippen LogP contribution in [-0.4, -0.2) is 23.3 Å². The van der Waals surface area contributed by atoms with Crippen molar-refractivity contribution in [1.29, 1.82) is 0 Å². The van der Waals surface area contributed by atoms with Crippen molar-refractivity contribution in [3.8, 4) is 0 Å². The molecule has 0 amide bonds. The Kier molecular flexibility index (Phi) is 2.90. The molecule has 0 aromatic carbocycles. The van der Waals surface area contributed by atoms with Crippen LogP contribution in [0.1, 0.15) is 33.6 Å². The van der Waals surface area contributed by atoms with Crippen LogP contribution in [-0.2, 0) is 0 Å². The minimum atomic E-state index is -0.231. The van der Waals surface area contributed by atoms with Crippen molar-refractivity contribution >= 4 is 0 Å². The maximum atomic E-state index is 9.19. The first-order valence-corrected chi connectivity index (χ1v) is 4.53. The van der Waals surface area contributed by atoms with Gasteiger partial charge in [0.25, 0.3) is 0 Å². The zero-order valence-electron chi connectivity index (χ0n) is 7.67. The lowest BCUT2D eigenvalue weighted by Gasteiger charge is -2.36. The Bertz CT molecular complexity index is 119. The van der Waals surface area contributed by atoms with Crippen molar-refractivity contribution in [3.05, 3.63) is 0 Å². The van der Waals surface area contributed by atoms with Gasteiger partial charge in [-0.05, 0) is 32.6 Å². The maximum Gasteiger partial charge on any atom is 0.0662 e. The Morgan fingerprint density at radius 1 is 1.36 bits per heavy atom. The number of rotatable bonds is 3. The summed E-state index contributed by atoms with van der Waals surface area (Å²) in [6.45, 7) is 6.14. The van der Waals surface area contributed by atoms with Crippen LogP contribution in [0.15, 0.2) is 0 Å². The van der Waals surface area contributed by atoms with E-state index in [0.29, 0.717) is 6.04 Å². The van der Waals surface area contributed by atoms with Crippen LogP contribution in [0.5, 0.6) is 0 Å². The molecule has 2 atom stereocenters. The number of aliphatic hydroxyl groups excluding tert-OH is 1. The summed E-state index contributed by atoms with van der Waals surface area (Å²) in [6.07, 6.45) is 2.32. The Labute approximate surface area is 69.0 Å². The third-order valence-electron chi connectivity index (χ3n) is 2.60. The van der Waals surface area contributed by atoms with E-state index in [-0.39, 0.29) is 12.1 Å². The van der Waals surface area contributed by atoms with Crippen molar-refractivity contribution in [2.45, 2.75) is 51.8 Å². The van der Waals surface area contributed by atoms with Crippen LogP contribution in [0, 0.1) is 5.92 Å². The zero-order chi connectivity index (χ0) is 8.43. The summed E-state index contributed by atoms with van der Waals surface area (Å²) < 4.78 is 0. The summed E-state index contributed by atoms with van der Waals surface area (Å²) in [7, 11) is 0. The number of hydrogen-bond acceptors (Lipinski definition) is 2. The number of hydrogen-bond donors (Lipinski definition) is 2. The molecule has 11 heavy (non-hydrogen) atoms. The maximum absolute atomic E-state index is 9.19. The fraction of sp³-hybridized carbons (Fsp3) is 1.00. The van der Waals surface area contributed by atoms with Crippen molar-refractivity contribution < 1.29 is 5.11 Å². The fourth-order valence-electron chi connectivity index (χ4n) is 1.55. The van der Waals surface area contributed by atoms with Crippen molar-refractivity contribution in [2.24, 2.45) is 5.92 Å². The molecule has 0 heterocycles. The number of nitrogens with one attached hydrogen (secondary N) is 1. The highest BCUT2D eigenvalue weighted by atomic mass is 16.3. The van der Waals surface area contributed by atoms with Crippen LogP contribution in [0.25, 0.3) is 0 Å². The van der Waals surface area contributed by atoms with E-state index < -0.39 is 0 Å². The second-order valence-electron chi connectivity index (χ2n) is 3.97. The van der Waals surface area contributed by atoms with E-state index in [1.807, 2.05) is 13.8 Å². The minimum Gasteiger partial charge on any atom is -0.392 e. The predicted octanol–water partition coefficient (Wildman–Crippen LogP) is 1.14. The summed E-state index contributed by atoms with van der Waals surface area (Å²) >= 11 is 0. The molecule has 0 aromatic rings. The van der Waals surface area contributed by atoms with Gasteiger partial charge in [0.05, 0.1) is 6.10 Å². The molecule has 0 aromatic heterocycles. The standard InChI is InChI=1S/C9H19NO/c1-6-4-9(5-6)10-7(2)8(3)11/h6-11H,4-5H2,1-3H3. The van der Waals surface area contributed by atoms with E-state index in [2.05, 4.69) is 12.2 Å². The van der Waals surface area contributed by atoms with Crippen LogP contribution in [0.2, 0.25) is 0 Å². The molecular weight excluding hydrogens is 138 g/mol. The molecule has 0 aliphatic heterocycles. The Morgan fingerprint density at radius 2 is 1.91 bits per heavy atom. The third-order valence-corrected chi connectivity index (χ3v) is 2.60. The monoisotopic (exact) mass is 157 g/mol. The van der Waals surface area contributed by atoms with Crippen LogP contribution in [0.3, 0.4) is 0 Å². The molecule has 2 unspecified atom stereocenters. The van der Waals surface area contributed by atoms with Gasteiger partial charge in [0, 0.05) is 12.1 Å². The molecule has 66 valence electrons. The van der Waals surface area contributed by atoms with Gasteiger partial charge < -0.3 is 10.4 Å². The van der Waals surface area contributed by atoms with Crippen LogP contribution in [0.4, 0.5) is 0 Å². The van der Waals surface area contributed by atoms with Gasteiger partial charge in [-0.1, -0.05) is 6.92 Å². The lowest BCUT2D eigenvalue weighted by atomic mass is 9.81. The van der Waals surface area contributed by atoms with Crippen molar-refractivity contribution in [2.75, 3.05) is 0 Å². The average molecular weight is 157 g/mol. The first-order chi connectivity index (χ1) is 5.09. The summed E-state index contributed by atoms with van der Waals surface area (Å²) in [5, 5.41) is 12.6. The van der Waals surface area contributed by atoms with Gasteiger partial charge in [-0.2, -0.15) is 0 Å². The predicted molar refractivity (Wildman–Crippen MR) is 46.5 cm³/mol. The highest BCUT2D eigenvalue weighted by molar-refractivity contribution is 4.85. The first-order valence-electron chi connectivity index (χ1n) is 4.53. The van der Waals surface area contributed by atoms with Crippen LogP contribution >= 0.6 is 0 Å². The first kappa shape index (κ1) is 9.01. The lowest BCUT2D eigenvalue weighted by molar-refractivity contribution is 0.123. The van der Waals surface area contributed by atoms with Crippen molar-refractivity contribution in [1.82, 2.24) is 5.32 Å². The molecule has 1 fully saturated rings. The summed E-state index contributed by atoms with van der Waals surface area (Å²) in [5.74, 6) is 0.883. The molecule has 0 spiro atoms. The quantitative estimate of drug-likeness (QED) is 0.644. The van der Waals surface area contributed by atoms with E-state index in [1.165, 1.54) is 12.8 Å². The molecular formula is C9H19NO. The Hall–Kier alpha value is -0.0800. The second kappa shape index (κ2) is 3.55. The highest BCUT2D eigenvalue weighted by Gasteiger charge is 2.26. The van der Waals surface area contributed by atoms with Gasteiger partial charge in [-0.3, -0.25) is 0 Å². The van der Waals surface area contributed by atoms with E-state index in [0.717, 1.165) is 5.92 Å². The lowest BCUT2D eigenvalue weighted by Crippen LogP contribution is -2.48. The molecule has 2 N–H and O–H groups in total. The smallest absolute Gasteiger partial charge is 0.0662 e. The normalized spacial score (nSPS) is 36.0. The minimum absolute atomic E-state index is 0.231. The molecule has 1 rings (SSSR count). The zero-order valence-corrected chi connectivity index (χ0v) is 7.67. The van der Waals surface area contributed by atoms with Crippen molar-refractivity contribution in [3.63, 3.8) is 0 Å². The molecule has 1 saturated carbocycles. The van der Waals surface area contributed by atoms with E-state index >= 15 is 0 Å². The second-order valence-corrected chi connectivity index (χ2v) is 3.97. The van der Waals surface area contributed by atoms with E-state index in [4.69, 9.17) is 0 Å². The molecule has 2 nitrogen and oxygen atoms in total. The molecule has 0 radical (unpaired) electrons. The SMILES string of the molecule is CC1CC(NC(C)C(C)O)C1. The van der Waals surface area contributed by atoms with E-state index in [1.54, 1.807) is 0 Å². The molecule has 0 bridgehead atoms. The van der Waals surface area contributed by atoms with Gasteiger partial charge in [-0.15, -0.1) is 0 Å². The van der Waals surface area contributed by atoms with Gasteiger partial charge >= 0.3 is 0 Å². The molecule has 2 heteroatoms. The summed E-state index contributed by atoms with van der Waals surface area (Å²) in [6, 6.07) is 0.905. The average Bonchev–Trinajstić information content (AvgIpc) is 1.84. The van der Waals surface area contributed by atoms with E-state index in [9.17, 15) is 5.11 Å². The fourth-order valence-corrected chi connectivity index (χ4v) is 1.55. The van der Waals surface area contributed by atoms with Gasteiger partial charge in [-0.25, -0.2) is 0 Å². The van der Waals surface area contributed by atoms with Crippen LogP contribution < -0.4 is 5.32 Å². The Morgan fingerprint density at radius 3 is 2.27 bits per heavy atom. The summed E-state index contributed by atoms with van der Waals surface area (Å²) in [4.78, 5) is 0. The largest absolute Gasteiger partial charge is 0.392 e. The molecule has 1 aliphatic carbocycles. The highest BCUT2D eigenvalue weighted by Crippen LogP contribution is 2.26. The Balaban J connectivity index is 2.11. The molecule has 0 saturated heterocycles. The van der Waals surface area contributed by atoms with Gasteiger partial charge in [0.1, 0.15) is 0 Å². The topological polar surface area (TPSA) is 32.3 Å². The van der Waals surface area contributed by atoms with Gasteiger partial charge in [0.2, 0.25) is 0 Å². The third kappa shape index (κ3) is 2.46.